The van der Waals surface area contributed by atoms with Gasteiger partial charge in [0.1, 0.15) is 23.7 Å². The van der Waals surface area contributed by atoms with E-state index in [0.717, 1.165) is 16.7 Å². The zero-order valence-corrected chi connectivity index (χ0v) is 34.8. The standard InChI is InChI=1S/C24H26ClFN6O4.C19H22ClFN2O2/c25-16-7-8-19(26)18(11-16)15-5-3-14(4-6-15)10-17(29-23(34)21-13-28-32-31-21)12-20(24(35)36)30-22(33)2-1-9-27;1-2-25-19(24)18(23)11-15(22)9-12-3-5-13(6-4-12)16-10-14(20)7-8-17(16)21/h3-8,11,13,17,20H,1-2,9-10,12,27H2,(H,29,34)(H,30,33)(H,35,36)(H,28,31,32);3-8,10,15,18H,2,9,11,22-23H2,1H3/t17-,20-;15-,18-/m11/s1. The summed E-state index contributed by atoms with van der Waals surface area (Å²) in [6.45, 7) is 2.33. The summed E-state index contributed by atoms with van der Waals surface area (Å²) < 4.78 is 33.0. The van der Waals surface area contributed by atoms with Crippen molar-refractivity contribution in [3.63, 3.8) is 0 Å². The SMILES string of the molecule is CCOC(=O)[C@H](N)C[C@H](N)Cc1ccc(-c2cc(Cl)ccc2F)cc1.NCCCC(=O)N[C@H](C[C@@H](Cc1ccc(-c2cc(Cl)ccc2F)cc1)NC(=O)c1cn[nH]n1)C(=O)O. The van der Waals surface area contributed by atoms with E-state index in [0.29, 0.717) is 59.1 Å². The Balaban J connectivity index is 0.000000287. The maximum atomic E-state index is 14.2. The fourth-order valence-electron chi connectivity index (χ4n) is 6.22. The van der Waals surface area contributed by atoms with Crippen molar-refractivity contribution in [1.82, 2.24) is 26.0 Å². The molecule has 0 aliphatic carbocycles. The smallest absolute Gasteiger partial charge is 0.326 e. The van der Waals surface area contributed by atoms with E-state index in [1.165, 1.54) is 36.5 Å². The minimum Gasteiger partial charge on any atom is -0.480 e. The van der Waals surface area contributed by atoms with Crippen LogP contribution in [0.25, 0.3) is 22.3 Å². The minimum atomic E-state index is -1.24. The van der Waals surface area contributed by atoms with E-state index in [2.05, 4.69) is 26.0 Å². The molecule has 2 amide bonds. The van der Waals surface area contributed by atoms with Gasteiger partial charge in [-0.2, -0.15) is 15.4 Å². The molecule has 14 nitrogen and oxygen atoms in total. The molecule has 5 rings (SSSR count). The summed E-state index contributed by atoms with van der Waals surface area (Å²) in [7, 11) is 0. The predicted molar refractivity (Wildman–Crippen MR) is 228 cm³/mol. The largest absolute Gasteiger partial charge is 0.480 e. The van der Waals surface area contributed by atoms with Crippen LogP contribution < -0.4 is 27.8 Å². The van der Waals surface area contributed by atoms with Gasteiger partial charge in [0, 0.05) is 39.7 Å². The number of esters is 1. The van der Waals surface area contributed by atoms with E-state index >= 15 is 0 Å². The van der Waals surface area contributed by atoms with Crippen molar-refractivity contribution in [1.29, 1.82) is 0 Å². The van der Waals surface area contributed by atoms with Gasteiger partial charge < -0.3 is 37.7 Å². The first-order valence-electron chi connectivity index (χ1n) is 19.3. The van der Waals surface area contributed by atoms with Crippen LogP contribution in [0.15, 0.2) is 91.1 Å². The molecule has 0 radical (unpaired) electrons. The van der Waals surface area contributed by atoms with Gasteiger partial charge in [-0.25, -0.2) is 13.6 Å². The fraction of sp³-hybridized carbons (Fsp3) is 0.302. The summed E-state index contributed by atoms with van der Waals surface area (Å²) in [5, 5.41) is 25.5. The Morgan fingerprint density at radius 3 is 1.87 bits per heavy atom. The lowest BCUT2D eigenvalue weighted by atomic mass is 9.96. The lowest BCUT2D eigenvalue weighted by Crippen LogP contribution is -2.47. The quantitative estimate of drug-likeness (QED) is 0.0504. The van der Waals surface area contributed by atoms with Crippen LogP contribution in [0.1, 0.15) is 54.2 Å². The molecule has 4 aromatic carbocycles. The maximum Gasteiger partial charge on any atom is 0.326 e. The molecule has 18 heteroatoms. The van der Waals surface area contributed by atoms with Gasteiger partial charge in [-0.05, 0) is 104 Å². The maximum absolute atomic E-state index is 14.2. The third-order valence-electron chi connectivity index (χ3n) is 9.26. The van der Waals surface area contributed by atoms with Gasteiger partial charge in [-0.3, -0.25) is 14.4 Å². The zero-order chi connectivity index (χ0) is 44.5. The Morgan fingerprint density at radius 2 is 1.38 bits per heavy atom. The molecule has 0 aliphatic heterocycles. The molecular weight excluding hydrogens is 833 g/mol. The number of aromatic amines is 1. The monoisotopic (exact) mass is 880 g/mol. The van der Waals surface area contributed by atoms with Crippen LogP contribution in [0.5, 0.6) is 0 Å². The highest BCUT2D eigenvalue weighted by molar-refractivity contribution is 6.31. The number of hydrogen-bond donors (Lipinski definition) is 7. The molecule has 10 N–H and O–H groups in total. The van der Waals surface area contributed by atoms with Crippen LogP contribution in [-0.2, 0) is 32.0 Å². The number of carbonyl (C=O) groups is 4. The van der Waals surface area contributed by atoms with E-state index in [4.69, 9.17) is 45.1 Å². The van der Waals surface area contributed by atoms with Gasteiger partial charge in [0.05, 0.1) is 12.8 Å². The number of rotatable bonds is 19. The molecule has 4 atom stereocenters. The number of carbonyl (C=O) groups excluding carboxylic acids is 3. The van der Waals surface area contributed by atoms with Crippen molar-refractivity contribution >= 4 is 47.0 Å². The molecule has 0 saturated carbocycles. The van der Waals surface area contributed by atoms with Gasteiger partial charge in [-0.1, -0.05) is 71.7 Å². The van der Waals surface area contributed by atoms with E-state index in [1.54, 1.807) is 37.3 Å². The minimum absolute atomic E-state index is 0.0330. The number of nitrogens with one attached hydrogen (secondary N) is 3. The highest BCUT2D eigenvalue weighted by Gasteiger charge is 2.27. The molecule has 0 fully saturated rings. The second-order valence-electron chi connectivity index (χ2n) is 14.0. The van der Waals surface area contributed by atoms with E-state index in [9.17, 15) is 33.1 Å². The Bertz CT molecular complexity index is 2220. The lowest BCUT2D eigenvalue weighted by Gasteiger charge is -2.23. The summed E-state index contributed by atoms with van der Waals surface area (Å²) in [5.41, 5.74) is 21.2. The number of aliphatic carboxylic acids is 1. The van der Waals surface area contributed by atoms with Crippen LogP contribution in [0.3, 0.4) is 0 Å². The number of H-pyrrole nitrogens is 1. The van der Waals surface area contributed by atoms with E-state index < -0.39 is 47.7 Å². The van der Waals surface area contributed by atoms with Gasteiger partial charge in [0.2, 0.25) is 5.91 Å². The third kappa shape index (κ3) is 15.3. The number of aromatic nitrogens is 3. The topological polar surface area (TPSA) is 241 Å². The average molecular weight is 882 g/mol. The predicted octanol–water partition coefficient (Wildman–Crippen LogP) is 5.60. The molecule has 1 aromatic heterocycles. The summed E-state index contributed by atoms with van der Waals surface area (Å²) in [5.74, 6) is -3.41. The van der Waals surface area contributed by atoms with Gasteiger partial charge in [-0.15, -0.1) is 0 Å². The molecule has 0 aliphatic rings. The third-order valence-corrected chi connectivity index (χ3v) is 9.73. The zero-order valence-electron chi connectivity index (χ0n) is 33.3. The molecule has 5 aromatic rings. The molecule has 0 unspecified atom stereocenters. The van der Waals surface area contributed by atoms with Gasteiger partial charge in [0.25, 0.3) is 5.91 Å². The first-order chi connectivity index (χ1) is 29.2. The van der Waals surface area contributed by atoms with Crippen molar-refractivity contribution in [2.45, 2.75) is 69.6 Å². The van der Waals surface area contributed by atoms with Crippen LogP contribution >= 0.6 is 23.2 Å². The van der Waals surface area contributed by atoms with Crippen molar-refractivity contribution in [2.75, 3.05) is 13.2 Å². The van der Waals surface area contributed by atoms with E-state index in [-0.39, 0.29) is 36.8 Å². The summed E-state index contributed by atoms with van der Waals surface area (Å²) in [6.07, 6.45) is 2.81. The fourth-order valence-corrected chi connectivity index (χ4v) is 6.56. The van der Waals surface area contributed by atoms with Gasteiger partial charge >= 0.3 is 11.9 Å². The Labute approximate surface area is 361 Å². The van der Waals surface area contributed by atoms with Crippen molar-refractivity contribution < 1.29 is 37.8 Å². The van der Waals surface area contributed by atoms with Crippen molar-refractivity contribution in [2.24, 2.45) is 17.2 Å². The number of carboxylic acid groups (broad SMARTS) is 1. The Morgan fingerprint density at radius 1 is 0.820 bits per heavy atom. The lowest BCUT2D eigenvalue weighted by molar-refractivity contribution is -0.145. The normalized spacial score (nSPS) is 12.9. The summed E-state index contributed by atoms with van der Waals surface area (Å²) in [6, 6.07) is 20.1. The highest BCUT2D eigenvalue weighted by Crippen LogP contribution is 2.28. The highest BCUT2D eigenvalue weighted by atomic mass is 35.5. The van der Waals surface area contributed by atoms with Gasteiger partial charge in [0.15, 0.2) is 5.69 Å². The van der Waals surface area contributed by atoms with Crippen LogP contribution in [0.4, 0.5) is 8.78 Å². The number of amides is 2. The molecular formula is C43H48Cl2F2N8O6. The Kier molecular flexibility index (Phi) is 18.7. The number of carboxylic acids is 1. The summed E-state index contributed by atoms with van der Waals surface area (Å²) >= 11 is 11.9. The number of nitrogens with two attached hydrogens (primary N) is 3. The molecule has 0 saturated heterocycles. The van der Waals surface area contributed by atoms with Crippen LogP contribution in [-0.4, -0.2) is 81.6 Å². The molecule has 0 spiro atoms. The van der Waals surface area contributed by atoms with Crippen molar-refractivity contribution in [3.05, 3.63) is 130 Å². The van der Waals surface area contributed by atoms with E-state index in [1.807, 2.05) is 24.3 Å². The van der Waals surface area contributed by atoms with Crippen molar-refractivity contribution in [3.8, 4) is 22.3 Å². The first-order valence-corrected chi connectivity index (χ1v) is 20.1. The molecule has 1 heterocycles. The molecule has 0 bridgehead atoms. The number of benzene rings is 4. The molecule has 61 heavy (non-hydrogen) atoms. The number of hydrogen-bond acceptors (Lipinski definition) is 10. The average Bonchev–Trinajstić information content (AvgIpc) is 3.78. The number of nitrogens with zero attached hydrogens (tertiary/aromatic N) is 2. The second-order valence-corrected chi connectivity index (χ2v) is 14.9. The van der Waals surface area contributed by atoms with Crippen LogP contribution in [0, 0.1) is 11.6 Å². The second kappa shape index (κ2) is 23.9. The van der Waals surface area contributed by atoms with Crippen LogP contribution in [0.2, 0.25) is 10.0 Å². The summed E-state index contributed by atoms with van der Waals surface area (Å²) in [4.78, 5) is 48.1. The number of halogens is 4. The molecule has 324 valence electrons. The Hall–Kier alpha value is -5.78. The number of ether oxygens (including phenoxy) is 1. The first kappa shape index (κ1) is 47.9.